The van der Waals surface area contributed by atoms with Gasteiger partial charge in [-0.15, -0.1) is 11.3 Å². The van der Waals surface area contributed by atoms with Crippen molar-refractivity contribution in [3.63, 3.8) is 0 Å². The molecular weight excluding hydrogens is 260 g/mol. The number of rotatable bonds is 4. The van der Waals surface area contributed by atoms with Crippen molar-refractivity contribution in [1.82, 2.24) is 4.98 Å². The van der Waals surface area contributed by atoms with E-state index in [0.717, 1.165) is 16.4 Å². The minimum absolute atomic E-state index is 0.0197. The third-order valence-corrected chi connectivity index (χ3v) is 3.69. The fourth-order valence-electron chi connectivity index (χ4n) is 1.87. The van der Waals surface area contributed by atoms with Gasteiger partial charge in [-0.3, -0.25) is 4.79 Å². The Labute approximate surface area is 116 Å². The Balaban J connectivity index is 2.17. The molecule has 0 aliphatic rings. The summed E-state index contributed by atoms with van der Waals surface area (Å²) in [6, 6.07) is 5.08. The number of Topliss-reactive ketones (excluding diaryl/α,β-unsaturated/α-hetero) is 1. The molecule has 2 rings (SSSR count). The lowest BCUT2D eigenvalue weighted by Gasteiger charge is -2.18. The highest BCUT2D eigenvalue weighted by molar-refractivity contribution is 7.09. The predicted octanol–water partition coefficient (Wildman–Crippen LogP) is 3.00. The van der Waals surface area contributed by atoms with Crippen molar-refractivity contribution < 1.29 is 9.90 Å². The number of phenolic OH excluding ortho intramolecular Hbond substituents is 1. The number of ketones is 1. The van der Waals surface area contributed by atoms with Crippen LogP contribution >= 0.6 is 11.3 Å². The maximum atomic E-state index is 11.3. The van der Waals surface area contributed by atoms with E-state index >= 15 is 0 Å². The van der Waals surface area contributed by atoms with Gasteiger partial charge in [-0.05, 0) is 26.0 Å². The van der Waals surface area contributed by atoms with Crippen molar-refractivity contribution in [3.05, 3.63) is 39.8 Å². The second kappa shape index (κ2) is 5.40. The monoisotopic (exact) mass is 276 g/mol. The van der Waals surface area contributed by atoms with Crippen molar-refractivity contribution in [1.29, 1.82) is 0 Å². The first-order chi connectivity index (χ1) is 8.97. The lowest BCUT2D eigenvalue weighted by Crippen LogP contribution is -2.16. The summed E-state index contributed by atoms with van der Waals surface area (Å²) in [6.07, 6.45) is 0. The van der Waals surface area contributed by atoms with Gasteiger partial charge in [0.05, 0.1) is 22.8 Å². The highest BCUT2D eigenvalue weighted by atomic mass is 32.1. The highest BCUT2D eigenvalue weighted by Gasteiger charge is 2.10. The van der Waals surface area contributed by atoms with E-state index in [9.17, 15) is 9.90 Å². The minimum atomic E-state index is -0.137. The fourth-order valence-corrected chi connectivity index (χ4v) is 2.47. The average molecular weight is 276 g/mol. The number of benzene rings is 1. The molecular formula is C14H16N2O2S. The maximum Gasteiger partial charge on any atom is 0.163 e. The molecule has 1 N–H and O–H groups in total. The number of phenols is 1. The van der Waals surface area contributed by atoms with E-state index in [4.69, 9.17) is 0 Å². The number of hydrogen-bond acceptors (Lipinski definition) is 5. The van der Waals surface area contributed by atoms with E-state index in [-0.39, 0.29) is 11.5 Å². The van der Waals surface area contributed by atoms with E-state index < -0.39 is 0 Å². The van der Waals surface area contributed by atoms with Crippen LogP contribution in [0.15, 0.2) is 23.6 Å². The summed E-state index contributed by atoms with van der Waals surface area (Å²) in [5, 5.41) is 12.9. The van der Waals surface area contributed by atoms with Gasteiger partial charge in [0.2, 0.25) is 0 Å². The van der Waals surface area contributed by atoms with E-state index in [2.05, 4.69) is 4.98 Å². The van der Waals surface area contributed by atoms with Crippen molar-refractivity contribution in [2.75, 3.05) is 11.9 Å². The number of carbonyl (C=O) groups is 1. The van der Waals surface area contributed by atoms with Crippen LogP contribution in [0, 0.1) is 6.92 Å². The molecule has 1 heterocycles. The Hall–Kier alpha value is -1.88. The number of aromatic nitrogens is 1. The van der Waals surface area contributed by atoms with Crippen molar-refractivity contribution in [3.8, 4) is 5.75 Å². The van der Waals surface area contributed by atoms with Crippen LogP contribution in [0.25, 0.3) is 0 Å². The molecule has 0 bridgehead atoms. The molecule has 0 spiro atoms. The van der Waals surface area contributed by atoms with Gasteiger partial charge in [0, 0.05) is 24.2 Å². The molecule has 0 atom stereocenters. The summed E-state index contributed by atoms with van der Waals surface area (Å²) >= 11 is 1.62. The Morgan fingerprint density at radius 1 is 1.47 bits per heavy atom. The fraction of sp³-hybridized carbons (Fsp3) is 0.286. The van der Waals surface area contributed by atoms with Crippen LogP contribution in [-0.2, 0) is 6.54 Å². The molecule has 0 fully saturated rings. The van der Waals surface area contributed by atoms with Crippen molar-refractivity contribution in [2.45, 2.75) is 20.4 Å². The average Bonchev–Trinajstić information content (AvgIpc) is 2.74. The summed E-state index contributed by atoms with van der Waals surface area (Å²) in [7, 11) is 1.93. The number of aromatic hydroxyl groups is 1. The molecule has 0 aliphatic carbocycles. The summed E-state index contributed by atoms with van der Waals surface area (Å²) in [5.41, 5.74) is 2.20. The van der Waals surface area contributed by atoms with Crippen LogP contribution in [0.5, 0.6) is 5.75 Å². The number of carbonyl (C=O) groups excluding carboxylic acids is 1. The molecule has 1 aromatic carbocycles. The van der Waals surface area contributed by atoms with E-state index in [1.54, 1.807) is 23.5 Å². The first-order valence-corrected chi connectivity index (χ1v) is 6.81. The van der Waals surface area contributed by atoms with Crippen LogP contribution in [0.3, 0.4) is 0 Å². The second-order valence-electron chi connectivity index (χ2n) is 4.47. The predicted molar refractivity (Wildman–Crippen MR) is 77.1 cm³/mol. The second-order valence-corrected chi connectivity index (χ2v) is 5.53. The molecule has 0 amide bonds. The summed E-state index contributed by atoms with van der Waals surface area (Å²) in [4.78, 5) is 17.6. The van der Waals surface area contributed by atoms with Gasteiger partial charge >= 0.3 is 0 Å². The zero-order valence-corrected chi connectivity index (χ0v) is 12.0. The SMILES string of the molecule is CC(=O)c1ccc(N(C)Cc2csc(C)n2)cc1O. The number of thiazole rings is 1. The van der Waals surface area contributed by atoms with Crippen LogP contribution in [-0.4, -0.2) is 22.9 Å². The molecule has 0 aliphatic heterocycles. The number of aryl methyl sites for hydroxylation is 1. The van der Waals surface area contributed by atoms with Gasteiger partial charge in [0.25, 0.3) is 0 Å². The largest absolute Gasteiger partial charge is 0.507 e. The molecule has 0 unspecified atom stereocenters. The molecule has 0 saturated carbocycles. The number of hydrogen-bond donors (Lipinski definition) is 1. The van der Waals surface area contributed by atoms with E-state index in [1.807, 2.05) is 30.3 Å². The first-order valence-electron chi connectivity index (χ1n) is 5.93. The Morgan fingerprint density at radius 3 is 2.74 bits per heavy atom. The highest BCUT2D eigenvalue weighted by Crippen LogP contribution is 2.25. The molecule has 2 aromatic rings. The Kier molecular flexibility index (Phi) is 3.85. The normalized spacial score (nSPS) is 10.5. The lowest BCUT2D eigenvalue weighted by atomic mass is 10.1. The summed E-state index contributed by atoms with van der Waals surface area (Å²) in [6.45, 7) is 4.08. The zero-order chi connectivity index (χ0) is 14.0. The third kappa shape index (κ3) is 3.12. The molecule has 19 heavy (non-hydrogen) atoms. The van der Waals surface area contributed by atoms with Crippen molar-refractivity contribution in [2.24, 2.45) is 0 Å². The van der Waals surface area contributed by atoms with Crippen LogP contribution in [0.2, 0.25) is 0 Å². The van der Waals surface area contributed by atoms with Crippen LogP contribution in [0.4, 0.5) is 5.69 Å². The summed E-state index contributed by atoms with van der Waals surface area (Å²) in [5.74, 6) is -0.117. The Bertz CT molecular complexity index is 607. The minimum Gasteiger partial charge on any atom is -0.507 e. The first kappa shape index (κ1) is 13.5. The molecule has 100 valence electrons. The summed E-state index contributed by atoms with van der Waals surface area (Å²) < 4.78 is 0. The lowest BCUT2D eigenvalue weighted by molar-refractivity contribution is 0.101. The van der Waals surface area contributed by atoms with Crippen LogP contribution < -0.4 is 4.90 Å². The van der Waals surface area contributed by atoms with Gasteiger partial charge in [0.1, 0.15) is 5.75 Å². The topological polar surface area (TPSA) is 53.4 Å². The molecule has 0 saturated heterocycles. The van der Waals surface area contributed by atoms with Gasteiger partial charge in [0.15, 0.2) is 5.78 Å². The van der Waals surface area contributed by atoms with Gasteiger partial charge in [-0.1, -0.05) is 0 Å². The standard InChI is InChI=1S/C14H16N2O2S/c1-9(17)13-5-4-12(6-14(13)18)16(3)7-11-8-19-10(2)15-11/h4-6,8,18H,7H2,1-3H3. The maximum absolute atomic E-state index is 11.3. The quantitative estimate of drug-likeness (QED) is 0.872. The van der Waals surface area contributed by atoms with Gasteiger partial charge in [-0.25, -0.2) is 4.98 Å². The number of nitrogens with zero attached hydrogens (tertiary/aromatic N) is 2. The molecule has 4 nitrogen and oxygen atoms in total. The molecule has 5 heteroatoms. The number of anilines is 1. The van der Waals surface area contributed by atoms with E-state index in [1.165, 1.54) is 6.92 Å². The molecule has 0 radical (unpaired) electrons. The van der Waals surface area contributed by atoms with E-state index in [0.29, 0.717) is 12.1 Å². The zero-order valence-electron chi connectivity index (χ0n) is 11.2. The van der Waals surface area contributed by atoms with Crippen LogP contribution in [0.1, 0.15) is 28.0 Å². The van der Waals surface area contributed by atoms with Gasteiger partial charge in [-0.2, -0.15) is 0 Å². The third-order valence-electron chi connectivity index (χ3n) is 2.87. The van der Waals surface area contributed by atoms with Gasteiger partial charge < -0.3 is 10.0 Å². The Morgan fingerprint density at radius 2 is 2.21 bits per heavy atom. The molecule has 1 aromatic heterocycles. The van der Waals surface area contributed by atoms with Crippen molar-refractivity contribution >= 4 is 22.8 Å². The smallest absolute Gasteiger partial charge is 0.163 e.